The van der Waals surface area contributed by atoms with Gasteiger partial charge in [0.15, 0.2) is 9.84 Å². The summed E-state index contributed by atoms with van der Waals surface area (Å²) >= 11 is 0. The number of hydrogen-bond acceptors (Lipinski definition) is 5. The van der Waals surface area contributed by atoms with Gasteiger partial charge in [0.1, 0.15) is 18.1 Å². The molecule has 0 fully saturated rings. The van der Waals surface area contributed by atoms with Crippen LogP contribution in [-0.2, 0) is 16.3 Å². The van der Waals surface area contributed by atoms with Crippen molar-refractivity contribution in [1.82, 2.24) is 15.0 Å². The monoisotopic (exact) mass is 371 g/mol. The maximum Gasteiger partial charge on any atom is 0.226 e. The van der Waals surface area contributed by atoms with Gasteiger partial charge in [-0.25, -0.2) is 18.4 Å². The topological polar surface area (TPSA) is 84.9 Å². The van der Waals surface area contributed by atoms with E-state index in [9.17, 15) is 8.42 Å². The molecule has 0 radical (unpaired) electrons. The summed E-state index contributed by atoms with van der Waals surface area (Å²) in [5.41, 5.74) is 2.47. The van der Waals surface area contributed by atoms with Gasteiger partial charge in [-0.05, 0) is 42.0 Å². The van der Waals surface area contributed by atoms with Crippen molar-refractivity contribution in [2.75, 3.05) is 5.75 Å². The molecule has 1 atom stereocenters. The molecule has 136 valence electrons. The second kappa shape index (κ2) is 6.39. The second-order valence-electron chi connectivity index (χ2n) is 6.99. The predicted molar refractivity (Wildman–Crippen MR) is 98.9 cm³/mol. The largest absolute Gasteiger partial charge is 0.469 e. The van der Waals surface area contributed by atoms with Crippen molar-refractivity contribution in [2.24, 2.45) is 5.92 Å². The lowest BCUT2D eigenvalue weighted by molar-refractivity contribution is 0.149. The van der Waals surface area contributed by atoms with Crippen LogP contribution in [0.3, 0.4) is 0 Å². The zero-order valence-corrected chi connectivity index (χ0v) is 15.6. The van der Waals surface area contributed by atoms with Gasteiger partial charge in [0.2, 0.25) is 5.88 Å². The third-order valence-electron chi connectivity index (χ3n) is 4.78. The normalized spacial score (nSPS) is 17.2. The quantitative estimate of drug-likeness (QED) is 0.759. The third kappa shape index (κ3) is 2.96. The van der Waals surface area contributed by atoms with Gasteiger partial charge < -0.3 is 9.72 Å². The van der Waals surface area contributed by atoms with Gasteiger partial charge in [0.25, 0.3) is 0 Å². The minimum Gasteiger partial charge on any atom is -0.469 e. The number of H-pyrrole nitrogens is 1. The number of nitrogens with zero attached hydrogens (tertiary/aromatic N) is 2. The van der Waals surface area contributed by atoms with Crippen LogP contribution >= 0.6 is 0 Å². The first-order chi connectivity index (χ1) is 12.5. The highest BCUT2D eigenvalue weighted by molar-refractivity contribution is 7.91. The van der Waals surface area contributed by atoms with Gasteiger partial charge in [-0.3, -0.25) is 0 Å². The highest BCUT2D eigenvalue weighted by atomic mass is 32.2. The molecule has 2 aromatic heterocycles. The van der Waals surface area contributed by atoms with Crippen LogP contribution in [0.2, 0.25) is 0 Å². The highest BCUT2D eigenvalue weighted by Crippen LogP contribution is 2.34. The van der Waals surface area contributed by atoms with Crippen molar-refractivity contribution in [3.63, 3.8) is 0 Å². The Kier molecular flexibility index (Phi) is 4.19. The van der Waals surface area contributed by atoms with E-state index >= 15 is 0 Å². The van der Waals surface area contributed by atoms with Crippen molar-refractivity contribution in [2.45, 2.75) is 37.7 Å². The summed E-state index contributed by atoms with van der Waals surface area (Å²) < 4.78 is 31.1. The first-order valence-electron chi connectivity index (χ1n) is 8.76. The van der Waals surface area contributed by atoms with Crippen LogP contribution in [-0.4, -0.2) is 29.1 Å². The number of rotatable bonds is 4. The van der Waals surface area contributed by atoms with Gasteiger partial charge in [-0.1, -0.05) is 26.0 Å². The lowest BCUT2D eigenvalue weighted by atomic mass is 9.97. The van der Waals surface area contributed by atoms with Crippen LogP contribution in [0.25, 0.3) is 11.0 Å². The predicted octanol–water partition coefficient (Wildman–Crippen LogP) is 3.45. The smallest absolute Gasteiger partial charge is 0.226 e. The summed E-state index contributed by atoms with van der Waals surface area (Å²) in [5.74, 6) is 0.853. The minimum atomic E-state index is -3.21. The van der Waals surface area contributed by atoms with Gasteiger partial charge in [0, 0.05) is 6.20 Å². The molecule has 3 aromatic rings. The molecule has 3 heterocycles. The van der Waals surface area contributed by atoms with Crippen molar-refractivity contribution >= 4 is 20.9 Å². The van der Waals surface area contributed by atoms with Crippen molar-refractivity contribution < 1.29 is 13.2 Å². The first-order valence-corrected chi connectivity index (χ1v) is 10.4. The molecule has 1 N–H and O–H groups in total. The molecule has 0 unspecified atom stereocenters. The summed E-state index contributed by atoms with van der Waals surface area (Å²) in [7, 11) is -3.21. The molecule has 0 spiro atoms. The van der Waals surface area contributed by atoms with Crippen LogP contribution in [0.1, 0.15) is 37.5 Å². The minimum absolute atomic E-state index is 0.142. The number of fused-ring (bicyclic) bond motifs is 2. The molecule has 0 bridgehead atoms. The van der Waals surface area contributed by atoms with Gasteiger partial charge >= 0.3 is 0 Å². The Morgan fingerprint density at radius 1 is 1.19 bits per heavy atom. The number of sulfone groups is 1. The van der Waals surface area contributed by atoms with Crippen LogP contribution in [0.5, 0.6) is 5.88 Å². The lowest BCUT2D eigenvalue weighted by Crippen LogP contribution is -2.19. The van der Waals surface area contributed by atoms with Crippen molar-refractivity contribution in [3.05, 3.63) is 47.9 Å². The van der Waals surface area contributed by atoms with Crippen LogP contribution < -0.4 is 4.74 Å². The van der Waals surface area contributed by atoms with E-state index in [4.69, 9.17) is 4.74 Å². The van der Waals surface area contributed by atoms with E-state index in [0.29, 0.717) is 22.8 Å². The summed E-state index contributed by atoms with van der Waals surface area (Å²) in [5, 5.41) is 0.809. The fourth-order valence-corrected chi connectivity index (χ4v) is 5.09. The van der Waals surface area contributed by atoms with Crippen LogP contribution in [0.15, 0.2) is 41.7 Å². The molecule has 0 saturated carbocycles. The third-order valence-corrected chi connectivity index (χ3v) is 6.65. The van der Waals surface area contributed by atoms with E-state index in [0.717, 1.165) is 22.9 Å². The molecule has 0 aliphatic carbocycles. The number of benzene rings is 1. The molecular weight excluding hydrogens is 350 g/mol. The number of aryl methyl sites for hydroxylation is 1. The molecule has 6 nitrogen and oxygen atoms in total. The number of aromatic amines is 1. The average molecular weight is 371 g/mol. The van der Waals surface area contributed by atoms with E-state index in [1.165, 1.54) is 6.33 Å². The first kappa shape index (κ1) is 17.0. The van der Waals surface area contributed by atoms with E-state index in [2.05, 4.69) is 15.0 Å². The lowest BCUT2D eigenvalue weighted by Gasteiger charge is -2.25. The molecule has 7 heteroatoms. The molecule has 1 aliphatic heterocycles. The van der Waals surface area contributed by atoms with Gasteiger partial charge in [-0.2, -0.15) is 0 Å². The van der Waals surface area contributed by atoms with Crippen molar-refractivity contribution in [1.29, 1.82) is 0 Å². The molecule has 26 heavy (non-hydrogen) atoms. The van der Waals surface area contributed by atoms with Gasteiger partial charge in [-0.15, -0.1) is 0 Å². The number of nitrogens with one attached hydrogen (secondary N) is 1. The second-order valence-corrected chi connectivity index (χ2v) is 9.07. The van der Waals surface area contributed by atoms with E-state index in [1.54, 1.807) is 12.3 Å². The summed E-state index contributed by atoms with van der Waals surface area (Å²) in [6.45, 7) is 4.10. The maximum absolute atomic E-state index is 12.5. The Bertz CT molecular complexity index is 1060. The highest BCUT2D eigenvalue weighted by Gasteiger charge is 2.27. The maximum atomic E-state index is 12.5. The van der Waals surface area contributed by atoms with Crippen LogP contribution in [0.4, 0.5) is 0 Å². The van der Waals surface area contributed by atoms with Crippen molar-refractivity contribution in [3.8, 4) is 5.88 Å². The summed E-state index contributed by atoms with van der Waals surface area (Å²) in [4.78, 5) is 11.9. The molecule has 1 aromatic carbocycles. The molecule has 0 saturated heterocycles. The Hall–Kier alpha value is -2.41. The number of hydrogen-bond donors (Lipinski definition) is 1. The zero-order valence-electron chi connectivity index (χ0n) is 14.8. The fourth-order valence-electron chi connectivity index (χ4n) is 3.46. The fraction of sp³-hybridized carbons (Fsp3) is 0.368. The Morgan fingerprint density at radius 2 is 2.04 bits per heavy atom. The van der Waals surface area contributed by atoms with Gasteiger partial charge in [0.05, 0.1) is 16.0 Å². The average Bonchev–Trinajstić information content (AvgIpc) is 3.08. The Morgan fingerprint density at radius 3 is 2.85 bits per heavy atom. The number of ether oxygens (including phenoxy) is 1. The summed E-state index contributed by atoms with van der Waals surface area (Å²) in [6, 6.07) is 7.55. The zero-order chi connectivity index (χ0) is 18.3. The van der Waals surface area contributed by atoms with E-state index < -0.39 is 9.84 Å². The molecule has 4 rings (SSSR count). The molecule has 1 aliphatic rings. The Balaban J connectivity index is 1.75. The molecule has 0 amide bonds. The van der Waals surface area contributed by atoms with E-state index in [1.807, 2.05) is 32.0 Å². The Labute approximate surface area is 152 Å². The van der Waals surface area contributed by atoms with E-state index in [-0.39, 0.29) is 17.8 Å². The summed E-state index contributed by atoms with van der Waals surface area (Å²) in [6.07, 6.45) is 4.44. The number of aromatic nitrogens is 3. The SMILES string of the molecule is CC(C)[C@@H](Oc1ncnc2[nH]ccc12)c1ccc2c(c1)S(=O)(=O)CCC2. The molecular formula is C19H21N3O3S. The standard InChI is InChI=1S/C19H21N3O3S/c1-12(2)17(25-19-15-7-8-20-18(15)21-11-22-19)14-6-5-13-4-3-9-26(23,24)16(13)10-14/h5-8,10-12,17H,3-4,9H2,1-2H3,(H,20,21,22)/t17-/m1/s1. The van der Waals surface area contributed by atoms with Crippen LogP contribution in [0, 0.1) is 5.92 Å².